The van der Waals surface area contributed by atoms with Crippen molar-refractivity contribution in [2.75, 3.05) is 11.9 Å². The zero-order valence-electron chi connectivity index (χ0n) is 12.3. The summed E-state index contributed by atoms with van der Waals surface area (Å²) in [6.45, 7) is 4.44. The molecule has 0 heterocycles. The predicted octanol–water partition coefficient (Wildman–Crippen LogP) is 3.09. The molecule has 0 bridgehead atoms. The molecule has 1 fully saturated rings. The van der Waals surface area contributed by atoms with Gasteiger partial charge in [-0.25, -0.2) is 5.43 Å². The lowest BCUT2D eigenvalue weighted by Crippen LogP contribution is -2.27. The number of hydrogen-bond acceptors (Lipinski definition) is 3. The average molecular weight is 273 g/mol. The fourth-order valence-electron chi connectivity index (χ4n) is 2.61. The van der Waals surface area contributed by atoms with Gasteiger partial charge in [0.05, 0.1) is 6.54 Å². The van der Waals surface area contributed by atoms with Crippen LogP contribution >= 0.6 is 0 Å². The first-order chi connectivity index (χ1) is 9.70. The van der Waals surface area contributed by atoms with Crippen molar-refractivity contribution < 1.29 is 4.79 Å². The van der Waals surface area contributed by atoms with Crippen molar-refractivity contribution in [3.05, 3.63) is 29.8 Å². The Morgan fingerprint density at radius 3 is 2.95 bits per heavy atom. The Morgan fingerprint density at radius 2 is 2.20 bits per heavy atom. The summed E-state index contributed by atoms with van der Waals surface area (Å²) in [4.78, 5) is 11.8. The number of nitrogens with zero attached hydrogens (tertiary/aromatic N) is 1. The molecule has 1 atom stereocenters. The largest absolute Gasteiger partial charge is 0.376 e. The van der Waals surface area contributed by atoms with E-state index in [-0.39, 0.29) is 12.5 Å². The Hall–Kier alpha value is -1.84. The van der Waals surface area contributed by atoms with E-state index in [1.54, 1.807) is 0 Å². The maximum absolute atomic E-state index is 11.8. The number of para-hydroxylation sites is 1. The Morgan fingerprint density at radius 1 is 1.40 bits per heavy atom. The minimum atomic E-state index is -0.0949. The number of hydrazone groups is 1. The molecule has 0 radical (unpaired) electrons. The lowest BCUT2D eigenvalue weighted by atomic mass is 10.0. The summed E-state index contributed by atoms with van der Waals surface area (Å²) in [7, 11) is 0. The molecule has 2 N–H and O–H groups in total. The van der Waals surface area contributed by atoms with Gasteiger partial charge in [-0.2, -0.15) is 5.10 Å². The van der Waals surface area contributed by atoms with E-state index < -0.39 is 0 Å². The number of hydrogen-bond donors (Lipinski definition) is 2. The minimum Gasteiger partial charge on any atom is -0.376 e. The topological polar surface area (TPSA) is 53.5 Å². The first-order valence-electron chi connectivity index (χ1n) is 7.35. The highest BCUT2D eigenvalue weighted by Gasteiger charge is 2.20. The van der Waals surface area contributed by atoms with Crippen LogP contribution < -0.4 is 10.7 Å². The van der Waals surface area contributed by atoms with Crippen LogP contribution in [0.25, 0.3) is 0 Å². The predicted molar refractivity (Wildman–Crippen MR) is 82.9 cm³/mol. The highest BCUT2D eigenvalue weighted by atomic mass is 16.2. The van der Waals surface area contributed by atoms with Gasteiger partial charge < -0.3 is 5.32 Å². The summed E-state index contributed by atoms with van der Waals surface area (Å²) in [5, 5.41) is 7.42. The van der Waals surface area contributed by atoms with Crippen molar-refractivity contribution in [3.63, 3.8) is 0 Å². The van der Waals surface area contributed by atoms with Gasteiger partial charge >= 0.3 is 0 Å². The number of aryl methyl sites for hydroxylation is 1. The number of anilines is 1. The molecule has 1 aromatic carbocycles. The van der Waals surface area contributed by atoms with Crippen LogP contribution in [0.2, 0.25) is 0 Å². The van der Waals surface area contributed by atoms with E-state index >= 15 is 0 Å². The summed E-state index contributed by atoms with van der Waals surface area (Å²) in [5.41, 5.74) is 5.94. The SMILES string of the molecule is CCC1CCCC1=NNC(=O)CNc1ccccc1C. The van der Waals surface area contributed by atoms with Crippen molar-refractivity contribution in [1.29, 1.82) is 0 Å². The molecule has 1 amide bonds. The van der Waals surface area contributed by atoms with E-state index in [1.807, 2.05) is 31.2 Å². The van der Waals surface area contributed by atoms with Gasteiger partial charge in [-0.3, -0.25) is 4.79 Å². The molecule has 1 aromatic rings. The quantitative estimate of drug-likeness (QED) is 0.810. The summed E-state index contributed by atoms with van der Waals surface area (Å²) < 4.78 is 0. The van der Waals surface area contributed by atoms with Gasteiger partial charge in [0, 0.05) is 11.4 Å². The van der Waals surface area contributed by atoms with E-state index in [9.17, 15) is 4.79 Å². The van der Waals surface area contributed by atoms with Crippen LogP contribution in [0.5, 0.6) is 0 Å². The van der Waals surface area contributed by atoms with Gasteiger partial charge in [0.2, 0.25) is 0 Å². The van der Waals surface area contributed by atoms with E-state index in [1.165, 1.54) is 12.8 Å². The van der Waals surface area contributed by atoms with E-state index in [0.29, 0.717) is 5.92 Å². The van der Waals surface area contributed by atoms with E-state index in [4.69, 9.17) is 0 Å². The van der Waals surface area contributed by atoms with Crippen LogP contribution in [-0.4, -0.2) is 18.2 Å². The highest BCUT2D eigenvalue weighted by Crippen LogP contribution is 2.24. The average Bonchev–Trinajstić information content (AvgIpc) is 2.91. The smallest absolute Gasteiger partial charge is 0.259 e. The third kappa shape index (κ3) is 3.83. The minimum absolute atomic E-state index is 0.0949. The molecule has 0 saturated heterocycles. The molecular formula is C16H23N3O. The molecule has 1 aliphatic rings. The zero-order chi connectivity index (χ0) is 14.4. The lowest BCUT2D eigenvalue weighted by molar-refractivity contribution is -0.119. The van der Waals surface area contributed by atoms with Crippen molar-refractivity contribution in [3.8, 4) is 0 Å². The fourth-order valence-corrected chi connectivity index (χ4v) is 2.61. The molecular weight excluding hydrogens is 250 g/mol. The molecule has 1 unspecified atom stereocenters. The standard InChI is InChI=1S/C16H23N3O/c1-3-13-8-6-10-15(13)18-19-16(20)11-17-14-9-5-4-7-12(14)2/h4-5,7,9,13,17H,3,6,8,10-11H2,1-2H3,(H,19,20). The van der Waals surface area contributed by atoms with Gasteiger partial charge in [-0.1, -0.05) is 25.1 Å². The maximum Gasteiger partial charge on any atom is 0.259 e. The second kappa shape index (κ2) is 7.08. The van der Waals surface area contributed by atoms with Gasteiger partial charge in [-0.05, 0) is 50.2 Å². The summed E-state index contributed by atoms with van der Waals surface area (Å²) in [5.74, 6) is 0.460. The molecule has 4 heteroatoms. The van der Waals surface area contributed by atoms with Crippen molar-refractivity contribution >= 4 is 17.3 Å². The summed E-state index contributed by atoms with van der Waals surface area (Å²) in [6.07, 6.45) is 4.52. The van der Waals surface area contributed by atoms with Crippen LogP contribution in [0.15, 0.2) is 29.4 Å². The lowest BCUT2D eigenvalue weighted by Gasteiger charge is -2.10. The third-order valence-corrected chi connectivity index (χ3v) is 3.86. The van der Waals surface area contributed by atoms with Crippen LogP contribution in [0.4, 0.5) is 5.69 Å². The number of carbonyl (C=O) groups excluding carboxylic acids is 1. The molecule has 2 rings (SSSR count). The first kappa shape index (κ1) is 14.6. The highest BCUT2D eigenvalue weighted by molar-refractivity contribution is 5.90. The summed E-state index contributed by atoms with van der Waals surface area (Å²) in [6, 6.07) is 7.93. The van der Waals surface area contributed by atoms with Gasteiger partial charge in [-0.15, -0.1) is 0 Å². The van der Waals surface area contributed by atoms with Crippen molar-refractivity contribution in [2.24, 2.45) is 11.0 Å². The summed E-state index contributed by atoms with van der Waals surface area (Å²) >= 11 is 0. The fraction of sp³-hybridized carbons (Fsp3) is 0.500. The van der Waals surface area contributed by atoms with Crippen LogP contribution in [0.1, 0.15) is 38.2 Å². The molecule has 0 aromatic heterocycles. The zero-order valence-corrected chi connectivity index (χ0v) is 12.3. The van der Waals surface area contributed by atoms with Crippen molar-refractivity contribution in [2.45, 2.75) is 39.5 Å². The Kier molecular flexibility index (Phi) is 5.16. The Bertz CT molecular complexity index is 496. The molecule has 0 aliphatic heterocycles. The molecule has 0 spiro atoms. The monoisotopic (exact) mass is 273 g/mol. The second-order valence-electron chi connectivity index (χ2n) is 5.30. The molecule has 1 aliphatic carbocycles. The van der Waals surface area contributed by atoms with E-state index in [0.717, 1.165) is 29.8 Å². The van der Waals surface area contributed by atoms with Crippen molar-refractivity contribution in [1.82, 2.24) is 5.43 Å². The number of nitrogens with one attached hydrogen (secondary N) is 2. The first-order valence-corrected chi connectivity index (χ1v) is 7.35. The third-order valence-electron chi connectivity index (χ3n) is 3.86. The molecule has 1 saturated carbocycles. The van der Waals surface area contributed by atoms with Gasteiger partial charge in [0.25, 0.3) is 5.91 Å². The van der Waals surface area contributed by atoms with Gasteiger partial charge in [0.1, 0.15) is 0 Å². The normalized spacial score (nSPS) is 20.1. The molecule has 4 nitrogen and oxygen atoms in total. The van der Waals surface area contributed by atoms with Crippen LogP contribution in [-0.2, 0) is 4.79 Å². The van der Waals surface area contributed by atoms with E-state index in [2.05, 4.69) is 22.8 Å². The van der Waals surface area contributed by atoms with Gasteiger partial charge in [0.15, 0.2) is 0 Å². The maximum atomic E-state index is 11.8. The number of amides is 1. The Balaban J connectivity index is 1.81. The molecule has 20 heavy (non-hydrogen) atoms. The van der Waals surface area contributed by atoms with Crippen LogP contribution in [0, 0.1) is 12.8 Å². The second-order valence-corrected chi connectivity index (χ2v) is 5.30. The number of carbonyl (C=O) groups is 1. The Labute approximate surface area is 120 Å². The molecule has 108 valence electrons. The van der Waals surface area contributed by atoms with Crippen LogP contribution in [0.3, 0.4) is 0 Å². The number of rotatable bonds is 5. The number of benzene rings is 1.